The molecule has 1 aromatic rings. The number of aliphatic carboxylic acids is 2. The van der Waals surface area contributed by atoms with Crippen LogP contribution in [-0.4, -0.2) is 75.5 Å². The molecule has 0 bridgehead atoms. The van der Waals surface area contributed by atoms with Crippen LogP contribution in [0.15, 0.2) is 30.3 Å². The topological polar surface area (TPSA) is 179 Å². The number of likely N-dealkylation sites (tertiary alicyclic amines) is 1. The molecule has 1 aliphatic rings. The second-order valence-corrected chi connectivity index (χ2v) is 8.06. The molecule has 11 heteroatoms. The quantitative estimate of drug-likeness (QED) is 0.291. The number of nitrogens with one attached hydrogen (secondary N) is 2. The van der Waals surface area contributed by atoms with E-state index in [1.807, 2.05) is 0 Å². The molecule has 4 atom stereocenters. The van der Waals surface area contributed by atoms with E-state index in [4.69, 9.17) is 10.8 Å². The largest absolute Gasteiger partial charge is 0.481 e. The molecule has 0 radical (unpaired) electrons. The summed E-state index contributed by atoms with van der Waals surface area (Å²) < 4.78 is 0. The van der Waals surface area contributed by atoms with Crippen LogP contribution in [0.3, 0.4) is 0 Å². The van der Waals surface area contributed by atoms with Crippen LogP contribution in [0.25, 0.3) is 0 Å². The van der Waals surface area contributed by atoms with E-state index < -0.39 is 54.3 Å². The van der Waals surface area contributed by atoms with Gasteiger partial charge in [0.1, 0.15) is 18.1 Å². The number of nitrogens with two attached hydrogens (primary N) is 1. The normalized spacial score (nSPS) is 18.1. The molecule has 0 aromatic heterocycles. The van der Waals surface area contributed by atoms with Crippen molar-refractivity contribution in [3.8, 4) is 0 Å². The minimum atomic E-state index is -1.42. The lowest BCUT2D eigenvalue weighted by molar-refractivity contribution is -0.144. The first-order valence-electron chi connectivity index (χ1n) is 10.8. The van der Waals surface area contributed by atoms with Crippen LogP contribution in [0.2, 0.25) is 0 Å². The Morgan fingerprint density at radius 1 is 1.09 bits per heavy atom. The lowest BCUT2D eigenvalue weighted by Crippen LogP contribution is -2.57. The van der Waals surface area contributed by atoms with Crippen molar-refractivity contribution < 1.29 is 34.2 Å². The average Bonchev–Trinajstić information content (AvgIpc) is 3.25. The van der Waals surface area contributed by atoms with Gasteiger partial charge in [-0.25, -0.2) is 4.79 Å². The summed E-state index contributed by atoms with van der Waals surface area (Å²) in [5.74, 6) is -4.22. The fourth-order valence-corrected chi connectivity index (χ4v) is 3.69. The van der Waals surface area contributed by atoms with Gasteiger partial charge in [0.15, 0.2) is 0 Å². The van der Waals surface area contributed by atoms with E-state index in [-0.39, 0.29) is 18.7 Å². The van der Waals surface area contributed by atoms with E-state index >= 15 is 0 Å². The Balaban J connectivity index is 2.18. The van der Waals surface area contributed by atoms with Crippen LogP contribution >= 0.6 is 0 Å². The van der Waals surface area contributed by atoms with Gasteiger partial charge in [-0.15, -0.1) is 0 Å². The Kier molecular flexibility index (Phi) is 9.34. The highest BCUT2D eigenvalue weighted by molar-refractivity contribution is 5.94. The maximum Gasteiger partial charge on any atom is 0.326 e. The van der Waals surface area contributed by atoms with Gasteiger partial charge in [0.05, 0.1) is 6.04 Å². The van der Waals surface area contributed by atoms with Crippen molar-refractivity contribution in [3.05, 3.63) is 35.9 Å². The summed E-state index contributed by atoms with van der Waals surface area (Å²) in [4.78, 5) is 62.0. The summed E-state index contributed by atoms with van der Waals surface area (Å²) in [6.07, 6.45) is 0.366. The number of amides is 3. The van der Waals surface area contributed by atoms with Gasteiger partial charge in [-0.1, -0.05) is 30.3 Å². The highest BCUT2D eigenvalue weighted by Gasteiger charge is 2.37. The van der Waals surface area contributed by atoms with Crippen molar-refractivity contribution in [2.45, 2.75) is 63.2 Å². The molecule has 2 rings (SSSR count). The van der Waals surface area contributed by atoms with Crippen LogP contribution in [0.1, 0.15) is 38.2 Å². The van der Waals surface area contributed by atoms with Crippen molar-refractivity contribution in [1.82, 2.24) is 15.5 Å². The predicted octanol–water partition coefficient (Wildman–Crippen LogP) is -0.514. The monoisotopic (exact) mass is 462 g/mol. The molecule has 1 aromatic carbocycles. The van der Waals surface area contributed by atoms with Crippen LogP contribution in [0, 0.1) is 0 Å². The molecule has 180 valence electrons. The molecule has 11 nitrogen and oxygen atoms in total. The molecule has 1 saturated heterocycles. The minimum Gasteiger partial charge on any atom is -0.481 e. The van der Waals surface area contributed by atoms with Gasteiger partial charge >= 0.3 is 11.9 Å². The number of rotatable bonds is 11. The van der Waals surface area contributed by atoms with Crippen LogP contribution in [-0.2, 0) is 30.4 Å². The number of carbonyl (C=O) groups is 5. The van der Waals surface area contributed by atoms with Crippen molar-refractivity contribution in [2.24, 2.45) is 5.73 Å². The van der Waals surface area contributed by atoms with Gasteiger partial charge in [0, 0.05) is 19.4 Å². The van der Waals surface area contributed by atoms with E-state index in [0.717, 1.165) is 5.56 Å². The third kappa shape index (κ3) is 7.56. The molecular formula is C22H30N4O7. The number of carboxylic acid groups (broad SMARTS) is 2. The Labute approximate surface area is 191 Å². The van der Waals surface area contributed by atoms with Gasteiger partial charge in [-0.2, -0.15) is 0 Å². The number of carbonyl (C=O) groups excluding carboxylic acids is 3. The van der Waals surface area contributed by atoms with Crippen LogP contribution < -0.4 is 16.4 Å². The summed E-state index contributed by atoms with van der Waals surface area (Å²) in [5.41, 5.74) is 6.41. The van der Waals surface area contributed by atoms with E-state index in [9.17, 15) is 29.1 Å². The van der Waals surface area contributed by atoms with Gasteiger partial charge in [-0.05, 0) is 31.7 Å². The third-order valence-electron chi connectivity index (χ3n) is 5.41. The molecular weight excluding hydrogens is 432 g/mol. The molecule has 0 aliphatic carbocycles. The Morgan fingerprint density at radius 3 is 2.33 bits per heavy atom. The molecule has 33 heavy (non-hydrogen) atoms. The van der Waals surface area contributed by atoms with Crippen LogP contribution in [0.4, 0.5) is 0 Å². The summed E-state index contributed by atoms with van der Waals surface area (Å²) >= 11 is 0. The standard InChI is InChI=1S/C22H30N4O7/c1-13(23)21(31)26-11-5-8-17(26)20(30)25-16(12-14-6-3-2-4-7-14)19(29)24-15(22(32)33)9-10-18(27)28/h2-4,6-7,13,15-17H,5,8-12,23H2,1H3,(H,24,29)(H,25,30)(H,27,28)(H,32,33). The van der Waals surface area contributed by atoms with E-state index in [0.29, 0.717) is 19.4 Å². The second-order valence-electron chi connectivity index (χ2n) is 8.06. The number of hydrogen-bond donors (Lipinski definition) is 5. The summed E-state index contributed by atoms with van der Waals surface area (Å²) in [5, 5.41) is 23.2. The van der Waals surface area contributed by atoms with Crippen molar-refractivity contribution in [1.29, 1.82) is 0 Å². The number of hydrogen-bond acceptors (Lipinski definition) is 6. The zero-order valence-corrected chi connectivity index (χ0v) is 18.4. The lowest BCUT2D eigenvalue weighted by atomic mass is 10.0. The highest BCUT2D eigenvalue weighted by Crippen LogP contribution is 2.19. The first-order chi connectivity index (χ1) is 15.6. The molecule has 1 fully saturated rings. The van der Waals surface area contributed by atoms with Crippen molar-refractivity contribution >= 4 is 29.7 Å². The fraction of sp³-hybridized carbons (Fsp3) is 0.500. The Morgan fingerprint density at radius 2 is 1.76 bits per heavy atom. The number of carboxylic acids is 2. The van der Waals surface area contributed by atoms with Crippen molar-refractivity contribution in [3.63, 3.8) is 0 Å². The summed E-state index contributed by atoms with van der Waals surface area (Å²) in [7, 11) is 0. The fourth-order valence-electron chi connectivity index (χ4n) is 3.69. The third-order valence-corrected chi connectivity index (χ3v) is 5.41. The van der Waals surface area contributed by atoms with Gasteiger partial charge < -0.3 is 31.5 Å². The predicted molar refractivity (Wildman–Crippen MR) is 117 cm³/mol. The highest BCUT2D eigenvalue weighted by atomic mass is 16.4. The SMILES string of the molecule is CC(N)C(=O)N1CCCC1C(=O)NC(Cc1ccccc1)C(=O)NC(CCC(=O)O)C(=O)O. The van der Waals surface area contributed by atoms with Crippen molar-refractivity contribution in [2.75, 3.05) is 6.54 Å². The minimum absolute atomic E-state index is 0.0810. The van der Waals surface area contributed by atoms with E-state index in [1.54, 1.807) is 30.3 Å². The molecule has 1 aliphatic heterocycles. The average molecular weight is 463 g/mol. The first-order valence-corrected chi connectivity index (χ1v) is 10.8. The Hall–Kier alpha value is -3.47. The molecule has 3 amide bonds. The smallest absolute Gasteiger partial charge is 0.326 e. The maximum absolute atomic E-state index is 13.0. The van der Waals surface area contributed by atoms with Crippen LogP contribution in [0.5, 0.6) is 0 Å². The summed E-state index contributed by atoms with van der Waals surface area (Å²) in [6.45, 7) is 1.91. The molecule has 0 spiro atoms. The first kappa shape index (κ1) is 25.8. The summed E-state index contributed by atoms with van der Waals surface area (Å²) in [6, 6.07) is 4.73. The lowest BCUT2D eigenvalue weighted by Gasteiger charge is -2.28. The maximum atomic E-state index is 13.0. The second kappa shape index (κ2) is 12.0. The molecule has 0 saturated carbocycles. The zero-order valence-electron chi connectivity index (χ0n) is 18.4. The molecule has 4 unspecified atom stereocenters. The number of nitrogens with zero attached hydrogens (tertiary/aromatic N) is 1. The molecule has 1 heterocycles. The molecule has 6 N–H and O–H groups in total. The van der Waals surface area contributed by atoms with Gasteiger partial charge in [0.25, 0.3) is 0 Å². The zero-order chi connectivity index (χ0) is 24.5. The Bertz CT molecular complexity index is 875. The number of benzene rings is 1. The van der Waals surface area contributed by atoms with E-state index in [1.165, 1.54) is 11.8 Å². The van der Waals surface area contributed by atoms with Gasteiger partial charge in [-0.3, -0.25) is 19.2 Å². The van der Waals surface area contributed by atoms with Gasteiger partial charge in [0.2, 0.25) is 17.7 Å². The van der Waals surface area contributed by atoms with E-state index in [2.05, 4.69) is 10.6 Å².